The number of nitrogen functional groups attached to an aromatic ring is 1. The first kappa shape index (κ1) is 13.9. The molecule has 1 aromatic rings. The maximum atomic E-state index is 11.5. The molecule has 0 saturated carbocycles. The standard InChI is InChI=1S/C13H19NO2S/c1-2-17-9-5-8-16-13(15)10-11-6-3-4-7-12(11)14/h3-4,6-7H,2,5,8-10,14H2,1H3. The first-order chi connectivity index (χ1) is 8.24. The van der Waals surface area contributed by atoms with Gasteiger partial charge in [-0.2, -0.15) is 11.8 Å². The molecule has 0 heterocycles. The van der Waals surface area contributed by atoms with Crippen LogP contribution in [0.1, 0.15) is 18.9 Å². The summed E-state index contributed by atoms with van der Waals surface area (Å²) in [4.78, 5) is 11.5. The van der Waals surface area contributed by atoms with Gasteiger partial charge in [-0.05, 0) is 29.6 Å². The molecule has 0 aliphatic carbocycles. The second-order valence-corrected chi connectivity index (χ2v) is 5.04. The van der Waals surface area contributed by atoms with Gasteiger partial charge in [0.25, 0.3) is 0 Å². The summed E-state index contributed by atoms with van der Waals surface area (Å²) in [5.74, 6) is 1.94. The minimum Gasteiger partial charge on any atom is -0.465 e. The minimum absolute atomic E-state index is 0.204. The van der Waals surface area contributed by atoms with Gasteiger partial charge in [0.05, 0.1) is 13.0 Å². The third kappa shape index (κ3) is 5.63. The van der Waals surface area contributed by atoms with E-state index < -0.39 is 0 Å². The lowest BCUT2D eigenvalue weighted by Gasteiger charge is -2.06. The summed E-state index contributed by atoms with van der Waals surface area (Å²) in [5, 5.41) is 0. The monoisotopic (exact) mass is 253 g/mol. The number of nitrogens with two attached hydrogens (primary N) is 1. The number of hydrogen-bond donors (Lipinski definition) is 1. The van der Waals surface area contributed by atoms with Gasteiger partial charge in [0.1, 0.15) is 0 Å². The van der Waals surface area contributed by atoms with Gasteiger partial charge in [-0.15, -0.1) is 0 Å². The molecule has 0 radical (unpaired) electrons. The Morgan fingerprint density at radius 2 is 2.18 bits per heavy atom. The van der Waals surface area contributed by atoms with E-state index in [0.29, 0.717) is 12.3 Å². The highest BCUT2D eigenvalue weighted by Crippen LogP contribution is 2.11. The predicted octanol–water partition coefficient (Wildman–Crippen LogP) is 2.50. The number of hydrogen-bond acceptors (Lipinski definition) is 4. The van der Waals surface area contributed by atoms with Crippen LogP contribution in [0.25, 0.3) is 0 Å². The van der Waals surface area contributed by atoms with Crippen LogP contribution in [0.4, 0.5) is 5.69 Å². The second-order valence-electron chi connectivity index (χ2n) is 3.65. The Bertz CT molecular complexity index is 355. The molecular weight excluding hydrogens is 234 g/mol. The molecule has 3 nitrogen and oxygen atoms in total. The average molecular weight is 253 g/mol. The molecule has 0 unspecified atom stereocenters. The molecule has 0 aromatic heterocycles. The zero-order valence-corrected chi connectivity index (χ0v) is 11.0. The number of anilines is 1. The third-order valence-corrected chi connectivity index (χ3v) is 3.28. The minimum atomic E-state index is -0.204. The van der Waals surface area contributed by atoms with Gasteiger partial charge in [-0.25, -0.2) is 0 Å². The van der Waals surface area contributed by atoms with Gasteiger partial charge in [-0.1, -0.05) is 25.1 Å². The number of carbonyl (C=O) groups is 1. The molecule has 0 bridgehead atoms. The molecule has 4 heteroatoms. The quantitative estimate of drug-likeness (QED) is 0.461. The zero-order chi connectivity index (χ0) is 12.5. The number of carbonyl (C=O) groups excluding carboxylic acids is 1. The molecule has 94 valence electrons. The van der Waals surface area contributed by atoms with Gasteiger partial charge in [0, 0.05) is 5.69 Å². The van der Waals surface area contributed by atoms with Crippen LogP contribution in [0.5, 0.6) is 0 Å². The number of esters is 1. The zero-order valence-electron chi connectivity index (χ0n) is 10.1. The molecule has 0 amide bonds. The Hall–Kier alpha value is -1.16. The Labute approximate surface area is 107 Å². The Kier molecular flexibility index (Phi) is 6.55. The van der Waals surface area contributed by atoms with E-state index in [0.717, 1.165) is 23.5 Å². The molecule has 0 saturated heterocycles. The van der Waals surface area contributed by atoms with Gasteiger partial charge in [-0.3, -0.25) is 4.79 Å². The Morgan fingerprint density at radius 3 is 2.88 bits per heavy atom. The van der Waals surface area contributed by atoms with Crippen LogP contribution in [-0.2, 0) is 16.0 Å². The topological polar surface area (TPSA) is 52.3 Å². The highest BCUT2D eigenvalue weighted by molar-refractivity contribution is 7.99. The maximum Gasteiger partial charge on any atom is 0.310 e. The normalized spacial score (nSPS) is 10.2. The van der Waals surface area contributed by atoms with Crippen molar-refractivity contribution in [3.05, 3.63) is 29.8 Å². The van der Waals surface area contributed by atoms with Crippen molar-refractivity contribution in [2.75, 3.05) is 23.8 Å². The van der Waals surface area contributed by atoms with E-state index in [1.165, 1.54) is 0 Å². The maximum absolute atomic E-state index is 11.5. The van der Waals surface area contributed by atoms with Gasteiger partial charge in [0.2, 0.25) is 0 Å². The van der Waals surface area contributed by atoms with Crippen LogP contribution in [0, 0.1) is 0 Å². The fourth-order valence-electron chi connectivity index (χ4n) is 1.39. The molecule has 0 atom stereocenters. The summed E-state index contributed by atoms with van der Waals surface area (Å²) in [5.41, 5.74) is 7.23. The van der Waals surface area contributed by atoms with E-state index in [1.807, 2.05) is 30.0 Å². The van der Waals surface area contributed by atoms with E-state index in [4.69, 9.17) is 10.5 Å². The van der Waals surface area contributed by atoms with Crippen molar-refractivity contribution >= 4 is 23.4 Å². The lowest BCUT2D eigenvalue weighted by atomic mass is 10.1. The molecule has 17 heavy (non-hydrogen) atoms. The molecule has 1 aromatic carbocycles. The van der Waals surface area contributed by atoms with Crippen LogP contribution < -0.4 is 5.73 Å². The van der Waals surface area contributed by atoms with Crippen LogP contribution in [0.3, 0.4) is 0 Å². The van der Waals surface area contributed by atoms with Crippen molar-refractivity contribution in [2.24, 2.45) is 0 Å². The first-order valence-corrected chi connectivity index (χ1v) is 6.96. The smallest absolute Gasteiger partial charge is 0.310 e. The number of para-hydroxylation sites is 1. The van der Waals surface area contributed by atoms with Crippen LogP contribution in [0.2, 0.25) is 0 Å². The summed E-state index contributed by atoms with van der Waals surface area (Å²) in [6, 6.07) is 7.37. The van der Waals surface area contributed by atoms with Gasteiger partial charge >= 0.3 is 5.97 Å². The van der Waals surface area contributed by atoms with Gasteiger partial charge in [0.15, 0.2) is 0 Å². The number of rotatable bonds is 7. The summed E-state index contributed by atoms with van der Waals surface area (Å²) in [7, 11) is 0. The lowest BCUT2D eigenvalue weighted by molar-refractivity contribution is -0.142. The lowest BCUT2D eigenvalue weighted by Crippen LogP contribution is -2.10. The largest absolute Gasteiger partial charge is 0.465 e. The van der Waals surface area contributed by atoms with Crippen molar-refractivity contribution in [3.63, 3.8) is 0 Å². The van der Waals surface area contributed by atoms with Crippen LogP contribution >= 0.6 is 11.8 Å². The second kappa shape index (κ2) is 8.01. The van der Waals surface area contributed by atoms with E-state index >= 15 is 0 Å². The predicted molar refractivity (Wildman–Crippen MR) is 73.1 cm³/mol. The fraction of sp³-hybridized carbons (Fsp3) is 0.462. The number of ether oxygens (including phenoxy) is 1. The molecule has 2 N–H and O–H groups in total. The SMILES string of the molecule is CCSCCCOC(=O)Cc1ccccc1N. The van der Waals surface area contributed by atoms with E-state index in [1.54, 1.807) is 6.07 Å². The highest BCUT2D eigenvalue weighted by Gasteiger charge is 2.06. The summed E-state index contributed by atoms with van der Waals surface area (Å²) in [6.45, 7) is 2.62. The molecule has 0 fully saturated rings. The molecule has 1 rings (SSSR count). The first-order valence-electron chi connectivity index (χ1n) is 5.80. The van der Waals surface area contributed by atoms with Crippen molar-refractivity contribution < 1.29 is 9.53 Å². The van der Waals surface area contributed by atoms with Gasteiger partial charge < -0.3 is 10.5 Å². The molecule has 0 aliphatic rings. The van der Waals surface area contributed by atoms with Crippen molar-refractivity contribution in [2.45, 2.75) is 19.8 Å². The van der Waals surface area contributed by atoms with E-state index in [9.17, 15) is 4.79 Å². The van der Waals surface area contributed by atoms with Crippen LogP contribution in [0.15, 0.2) is 24.3 Å². The van der Waals surface area contributed by atoms with Crippen molar-refractivity contribution in [1.29, 1.82) is 0 Å². The summed E-state index contributed by atoms with van der Waals surface area (Å²) >= 11 is 1.85. The number of benzene rings is 1. The average Bonchev–Trinajstić information content (AvgIpc) is 2.32. The highest BCUT2D eigenvalue weighted by atomic mass is 32.2. The van der Waals surface area contributed by atoms with Crippen molar-refractivity contribution in [3.8, 4) is 0 Å². The summed E-state index contributed by atoms with van der Waals surface area (Å²) < 4.78 is 5.14. The fourth-order valence-corrected chi connectivity index (χ4v) is 2.00. The van der Waals surface area contributed by atoms with Crippen LogP contribution in [-0.4, -0.2) is 24.1 Å². The number of thioether (sulfide) groups is 1. The Balaban J connectivity index is 2.23. The summed E-state index contributed by atoms with van der Waals surface area (Å²) in [6.07, 6.45) is 1.17. The molecule has 0 aliphatic heterocycles. The Morgan fingerprint density at radius 1 is 1.41 bits per heavy atom. The molecular formula is C13H19NO2S. The molecule has 0 spiro atoms. The van der Waals surface area contributed by atoms with E-state index in [-0.39, 0.29) is 12.4 Å². The van der Waals surface area contributed by atoms with Crippen molar-refractivity contribution in [1.82, 2.24) is 0 Å². The van der Waals surface area contributed by atoms with E-state index in [2.05, 4.69) is 6.92 Å². The third-order valence-electron chi connectivity index (χ3n) is 2.29.